The van der Waals surface area contributed by atoms with Gasteiger partial charge in [-0.1, -0.05) is 51.2 Å². The normalized spacial score (nSPS) is 11.1. The first-order chi connectivity index (χ1) is 11.5. The number of anilines is 1. The van der Waals surface area contributed by atoms with Gasteiger partial charge >= 0.3 is 0 Å². The number of carbonyl (C=O) groups is 1. The van der Waals surface area contributed by atoms with Crippen LogP contribution in [0.4, 0.5) is 5.13 Å². The Morgan fingerprint density at radius 3 is 2.42 bits per heavy atom. The number of nitrogens with one attached hydrogen (secondary N) is 1. The second kappa shape index (κ2) is 8.78. The third-order valence-electron chi connectivity index (χ3n) is 3.94. The van der Waals surface area contributed by atoms with Crippen LogP contribution < -0.4 is 10.1 Å². The van der Waals surface area contributed by atoms with E-state index in [1.54, 1.807) is 0 Å². The molecular formula is C18H25N3O2S. The van der Waals surface area contributed by atoms with Crippen molar-refractivity contribution in [3.05, 3.63) is 34.8 Å². The maximum Gasteiger partial charge on any atom is 0.264 e. The molecule has 6 heteroatoms. The average Bonchev–Trinajstić information content (AvgIpc) is 3.02. The van der Waals surface area contributed by atoms with Crippen molar-refractivity contribution in [2.75, 3.05) is 11.9 Å². The van der Waals surface area contributed by atoms with E-state index in [2.05, 4.69) is 43.2 Å². The number of amides is 1. The Balaban J connectivity index is 1.85. The first kappa shape index (κ1) is 18.4. The second-order valence-corrected chi connectivity index (χ2v) is 7.03. The molecule has 0 unspecified atom stereocenters. The molecule has 0 aliphatic rings. The van der Waals surface area contributed by atoms with Gasteiger partial charge in [0.2, 0.25) is 5.13 Å². The molecule has 2 aromatic rings. The Morgan fingerprint density at radius 2 is 1.83 bits per heavy atom. The number of benzene rings is 1. The molecule has 0 saturated heterocycles. The number of carbonyl (C=O) groups excluding carboxylic acids is 1. The van der Waals surface area contributed by atoms with Crippen LogP contribution in [0.2, 0.25) is 0 Å². The predicted molar refractivity (Wildman–Crippen MR) is 97.9 cm³/mol. The van der Waals surface area contributed by atoms with Gasteiger partial charge in [0.15, 0.2) is 6.61 Å². The van der Waals surface area contributed by atoms with E-state index in [1.165, 1.54) is 16.9 Å². The fraction of sp³-hybridized carbons (Fsp3) is 0.500. The molecule has 0 fully saturated rings. The number of rotatable bonds is 8. The fourth-order valence-electron chi connectivity index (χ4n) is 2.34. The highest BCUT2D eigenvalue weighted by Gasteiger charge is 2.14. The van der Waals surface area contributed by atoms with Gasteiger partial charge in [0, 0.05) is 5.92 Å². The molecule has 2 rings (SSSR count). The first-order valence-electron chi connectivity index (χ1n) is 8.39. The fourth-order valence-corrected chi connectivity index (χ4v) is 3.37. The zero-order chi connectivity index (χ0) is 17.5. The molecule has 1 N–H and O–H groups in total. The van der Waals surface area contributed by atoms with E-state index >= 15 is 0 Å². The Bertz CT molecular complexity index is 649. The van der Waals surface area contributed by atoms with Gasteiger partial charge in [-0.25, -0.2) is 0 Å². The maximum atomic E-state index is 12.0. The smallest absolute Gasteiger partial charge is 0.264 e. The van der Waals surface area contributed by atoms with Crippen molar-refractivity contribution in [2.45, 2.75) is 52.4 Å². The molecule has 0 spiro atoms. The summed E-state index contributed by atoms with van der Waals surface area (Å²) in [7, 11) is 0. The Kier molecular flexibility index (Phi) is 6.73. The average molecular weight is 347 g/mol. The van der Waals surface area contributed by atoms with Crippen LogP contribution in [0.25, 0.3) is 0 Å². The van der Waals surface area contributed by atoms with Gasteiger partial charge in [0.1, 0.15) is 10.8 Å². The summed E-state index contributed by atoms with van der Waals surface area (Å²) < 4.78 is 5.52. The van der Waals surface area contributed by atoms with Gasteiger partial charge < -0.3 is 4.74 Å². The number of hydrogen-bond acceptors (Lipinski definition) is 5. The van der Waals surface area contributed by atoms with Crippen molar-refractivity contribution in [2.24, 2.45) is 0 Å². The second-order valence-electron chi connectivity index (χ2n) is 6.02. The van der Waals surface area contributed by atoms with Gasteiger partial charge in [0.05, 0.1) is 0 Å². The Labute approximate surface area is 147 Å². The summed E-state index contributed by atoms with van der Waals surface area (Å²) in [5.41, 5.74) is 1.24. The van der Waals surface area contributed by atoms with E-state index < -0.39 is 0 Å². The lowest BCUT2D eigenvalue weighted by Crippen LogP contribution is -2.20. The van der Waals surface area contributed by atoms with Crippen molar-refractivity contribution in [3.8, 4) is 5.75 Å². The summed E-state index contributed by atoms with van der Waals surface area (Å²) in [6.45, 7) is 8.50. The van der Waals surface area contributed by atoms with Crippen LogP contribution in [0, 0.1) is 0 Å². The van der Waals surface area contributed by atoms with Gasteiger partial charge in [-0.3, -0.25) is 10.1 Å². The van der Waals surface area contributed by atoms with Gasteiger partial charge in [-0.2, -0.15) is 0 Å². The van der Waals surface area contributed by atoms with Crippen LogP contribution >= 0.6 is 11.3 Å². The van der Waals surface area contributed by atoms with Crippen molar-refractivity contribution in [1.82, 2.24) is 10.2 Å². The molecular weight excluding hydrogens is 322 g/mol. The van der Waals surface area contributed by atoms with Crippen LogP contribution in [0.1, 0.15) is 62.9 Å². The minimum Gasteiger partial charge on any atom is -0.484 e. The summed E-state index contributed by atoms with van der Waals surface area (Å²) in [4.78, 5) is 12.0. The third-order valence-corrected chi connectivity index (χ3v) is 4.94. The van der Waals surface area contributed by atoms with Crippen LogP contribution in [0.3, 0.4) is 0 Å². The van der Waals surface area contributed by atoms with E-state index in [0.29, 0.717) is 22.7 Å². The van der Waals surface area contributed by atoms with Crippen LogP contribution in [0.5, 0.6) is 5.75 Å². The highest BCUT2D eigenvalue weighted by Crippen LogP contribution is 2.28. The minimum absolute atomic E-state index is 0.0408. The van der Waals surface area contributed by atoms with Gasteiger partial charge in [-0.15, -0.1) is 10.2 Å². The lowest BCUT2D eigenvalue weighted by atomic mass is 10.0. The summed E-state index contributed by atoms with van der Waals surface area (Å²) in [5, 5.41) is 12.5. The maximum absolute atomic E-state index is 12.0. The monoisotopic (exact) mass is 347 g/mol. The molecule has 1 aromatic heterocycles. The molecule has 0 atom stereocenters. The van der Waals surface area contributed by atoms with Gasteiger partial charge in [-0.05, 0) is 36.5 Å². The highest BCUT2D eigenvalue weighted by atomic mass is 32.1. The molecule has 0 saturated carbocycles. The molecule has 130 valence electrons. The van der Waals surface area contributed by atoms with Crippen LogP contribution in [-0.4, -0.2) is 22.7 Å². The van der Waals surface area contributed by atoms with E-state index in [1.807, 2.05) is 24.3 Å². The highest BCUT2D eigenvalue weighted by molar-refractivity contribution is 7.15. The number of aromatic nitrogens is 2. The molecule has 0 aliphatic heterocycles. The quantitative estimate of drug-likeness (QED) is 0.759. The first-order valence-corrected chi connectivity index (χ1v) is 9.21. The van der Waals surface area contributed by atoms with E-state index in [9.17, 15) is 4.79 Å². The summed E-state index contributed by atoms with van der Waals surface area (Å²) in [6, 6.07) is 7.81. The number of hydrogen-bond donors (Lipinski definition) is 1. The van der Waals surface area contributed by atoms with E-state index in [0.717, 1.165) is 17.8 Å². The van der Waals surface area contributed by atoms with Crippen molar-refractivity contribution >= 4 is 22.4 Å². The molecule has 1 amide bonds. The molecule has 1 aromatic carbocycles. The Morgan fingerprint density at radius 1 is 1.17 bits per heavy atom. The lowest BCUT2D eigenvalue weighted by Gasteiger charge is -2.08. The summed E-state index contributed by atoms with van der Waals surface area (Å²) >= 11 is 1.44. The largest absolute Gasteiger partial charge is 0.484 e. The molecule has 5 nitrogen and oxygen atoms in total. The molecule has 1 heterocycles. The zero-order valence-corrected chi connectivity index (χ0v) is 15.5. The summed E-state index contributed by atoms with van der Waals surface area (Å²) in [5.74, 6) is 1.34. The third kappa shape index (κ3) is 5.03. The van der Waals surface area contributed by atoms with E-state index in [4.69, 9.17) is 4.74 Å². The van der Waals surface area contributed by atoms with Crippen molar-refractivity contribution in [1.29, 1.82) is 0 Å². The van der Waals surface area contributed by atoms with Crippen LogP contribution in [0.15, 0.2) is 24.3 Å². The minimum atomic E-state index is -0.227. The topological polar surface area (TPSA) is 64.1 Å². The zero-order valence-electron chi connectivity index (χ0n) is 14.7. The predicted octanol–water partition coefficient (Wildman–Crippen LogP) is 4.58. The number of ether oxygens (including phenoxy) is 1. The van der Waals surface area contributed by atoms with Crippen molar-refractivity contribution < 1.29 is 9.53 Å². The number of nitrogens with zero attached hydrogens (tertiary/aromatic N) is 2. The molecule has 0 aliphatic carbocycles. The van der Waals surface area contributed by atoms with E-state index in [-0.39, 0.29) is 12.5 Å². The lowest BCUT2D eigenvalue weighted by molar-refractivity contribution is -0.118. The molecule has 0 bridgehead atoms. The van der Waals surface area contributed by atoms with Crippen LogP contribution in [-0.2, 0) is 4.79 Å². The summed E-state index contributed by atoms with van der Waals surface area (Å²) in [6.07, 6.45) is 2.04. The van der Waals surface area contributed by atoms with Gasteiger partial charge in [0.25, 0.3) is 5.91 Å². The Hall–Kier alpha value is -1.95. The van der Waals surface area contributed by atoms with Crippen molar-refractivity contribution in [3.63, 3.8) is 0 Å². The standard InChI is InChI=1S/C18H25N3O2S/c1-5-13(6-2)17-20-21-18(24-17)19-16(22)11-23-15-9-7-14(8-10-15)12(3)4/h7-10,12-13H,5-6,11H2,1-4H3,(H,19,21,22). The SMILES string of the molecule is CCC(CC)c1nnc(NC(=O)COc2ccc(C(C)C)cc2)s1. The molecule has 0 radical (unpaired) electrons. The molecule has 24 heavy (non-hydrogen) atoms.